The van der Waals surface area contributed by atoms with Crippen molar-refractivity contribution in [2.24, 2.45) is 0 Å². The van der Waals surface area contributed by atoms with Crippen LogP contribution in [0.15, 0.2) is 58.5 Å². The molecular formula is C29H31ClN4O4S2. The van der Waals surface area contributed by atoms with Crippen molar-refractivity contribution in [2.45, 2.75) is 43.6 Å². The Morgan fingerprint density at radius 3 is 2.58 bits per heavy atom. The predicted octanol–water partition coefficient (Wildman–Crippen LogP) is 5.88. The van der Waals surface area contributed by atoms with E-state index in [1.807, 2.05) is 31.2 Å². The number of rotatable bonds is 10. The van der Waals surface area contributed by atoms with Gasteiger partial charge in [-0.25, -0.2) is 4.98 Å². The summed E-state index contributed by atoms with van der Waals surface area (Å²) < 4.78 is 6.88. The minimum absolute atomic E-state index is 0.175. The molecule has 11 heteroatoms. The summed E-state index contributed by atoms with van der Waals surface area (Å²) in [5, 5.41) is 3.94. The van der Waals surface area contributed by atoms with Crippen molar-refractivity contribution in [1.29, 1.82) is 0 Å². The zero-order valence-corrected chi connectivity index (χ0v) is 25.4. The van der Waals surface area contributed by atoms with Gasteiger partial charge in [-0.3, -0.25) is 19.0 Å². The number of thioether (sulfide) groups is 1. The van der Waals surface area contributed by atoms with Gasteiger partial charge in [0.15, 0.2) is 5.16 Å². The maximum Gasteiger partial charge on any atom is 0.263 e. The highest BCUT2D eigenvalue weighted by Crippen LogP contribution is 2.32. The largest absolute Gasteiger partial charge is 0.497 e. The molecule has 0 radical (unpaired) electrons. The van der Waals surface area contributed by atoms with Gasteiger partial charge >= 0.3 is 0 Å². The molecule has 4 rings (SSSR count). The number of hydrogen-bond acceptors (Lipinski definition) is 7. The van der Waals surface area contributed by atoms with Gasteiger partial charge in [-0.1, -0.05) is 48.5 Å². The van der Waals surface area contributed by atoms with E-state index >= 15 is 0 Å². The number of fused-ring (bicyclic) bond motifs is 1. The summed E-state index contributed by atoms with van der Waals surface area (Å²) in [7, 11) is 4.93. The number of thiophene rings is 1. The summed E-state index contributed by atoms with van der Waals surface area (Å²) in [4.78, 5) is 47.3. The molecule has 0 aliphatic rings. The van der Waals surface area contributed by atoms with Gasteiger partial charge in [0, 0.05) is 37.4 Å². The Kier molecular flexibility index (Phi) is 9.55. The van der Waals surface area contributed by atoms with Gasteiger partial charge in [-0.15, -0.1) is 11.3 Å². The first-order chi connectivity index (χ1) is 19.1. The third-order valence-corrected chi connectivity index (χ3v) is 9.18. The molecule has 2 heterocycles. The van der Waals surface area contributed by atoms with Gasteiger partial charge in [0.25, 0.3) is 11.5 Å². The number of ether oxygens (including phenoxy) is 1. The van der Waals surface area contributed by atoms with Gasteiger partial charge < -0.3 is 15.0 Å². The summed E-state index contributed by atoms with van der Waals surface area (Å²) in [5.41, 5.74) is 2.03. The fourth-order valence-electron chi connectivity index (χ4n) is 4.16. The van der Waals surface area contributed by atoms with E-state index in [1.165, 1.54) is 28.0 Å². The van der Waals surface area contributed by atoms with Crippen LogP contribution in [0.1, 0.15) is 34.1 Å². The van der Waals surface area contributed by atoms with E-state index in [4.69, 9.17) is 21.3 Å². The maximum atomic E-state index is 13.9. The summed E-state index contributed by atoms with van der Waals surface area (Å²) in [6.07, 6.45) is 1.08. The van der Waals surface area contributed by atoms with Crippen LogP contribution < -0.4 is 15.6 Å². The van der Waals surface area contributed by atoms with E-state index in [1.54, 1.807) is 57.0 Å². The molecule has 210 valence electrons. The first-order valence-corrected chi connectivity index (χ1v) is 14.8. The Morgan fingerprint density at radius 1 is 1.20 bits per heavy atom. The van der Waals surface area contributed by atoms with Crippen molar-refractivity contribution >= 4 is 62.4 Å². The quantitative estimate of drug-likeness (QED) is 0.181. The van der Waals surface area contributed by atoms with Crippen LogP contribution in [0.3, 0.4) is 0 Å². The number of nitrogens with one attached hydrogen (secondary N) is 1. The molecule has 8 nitrogen and oxygen atoms in total. The van der Waals surface area contributed by atoms with Crippen molar-refractivity contribution in [3.63, 3.8) is 0 Å². The van der Waals surface area contributed by atoms with Crippen molar-refractivity contribution in [2.75, 3.05) is 26.5 Å². The normalized spacial score (nSPS) is 11.8. The molecule has 0 aliphatic heterocycles. The van der Waals surface area contributed by atoms with Gasteiger partial charge in [-0.05, 0) is 55.2 Å². The second-order valence-electron chi connectivity index (χ2n) is 9.40. The lowest BCUT2D eigenvalue weighted by molar-refractivity contribution is -0.115. The van der Waals surface area contributed by atoms with E-state index in [-0.39, 0.29) is 17.4 Å². The molecule has 0 aliphatic carbocycles. The molecule has 1 N–H and O–H groups in total. The second-order valence-corrected chi connectivity index (χ2v) is 12.0. The van der Waals surface area contributed by atoms with Gasteiger partial charge in [0.05, 0.1) is 22.6 Å². The number of aryl methyl sites for hydroxylation is 2. The van der Waals surface area contributed by atoms with Gasteiger partial charge in [0.1, 0.15) is 10.6 Å². The molecular weight excluding hydrogens is 568 g/mol. The van der Waals surface area contributed by atoms with Crippen molar-refractivity contribution in [3.8, 4) is 5.75 Å². The number of nitrogens with zero attached hydrogens (tertiary/aromatic N) is 3. The van der Waals surface area contributed by atoms with Crippen LogP contribution in [0.4, 0.5) is 5.69 Å². The number of carbonyl (C=O) groups is 2. The smallest absolute Gasteiger partial charge is 0.263 e. The molecule has 0 saturated heterocycles. The average Bonchev–Trinajstić information content (AvgIpc) is 3.27. The highest BCUT2D eigenvalue weighted by atomic mass is 35.5. The summed E-state index contributed by atoms with van der Waals surface area (Å²) in [6, 6.07) is 14.6. The molecule has 4 aromatic rings. The standard InChI is InChI=1S/C29H31ClN4O4S2/c1-6-22(25(35)31-20-8-7-9-21(16-20)38-5)39-29-32-26-23(17(2)24(40-26)28(37)33(3)4)27(36)34(29)15-14-18-10-12-19(30)13-11-18/h7-13,16,22H,6,14-15H2,1-5H3,(H,31,35)/t22-/m0/s1. The summed E-state index contributed by atoms with van der Waals surface area (Å²) in [6.45, 7) is 4.05. The number of anilines is 1. The monoisotopic (exact) mass is 598 g/mol. The maximum absolute atomic E-state index is 13.9. The molecule has 2 aromatic carbocycles. The van der Waals surface area contributed by atoms with Crippen LogP contribution in [-0.4, -0.2) is 52.7 Å². The Morgan fingerprint density at radius 2 is 1.93 bits per heavy atom. The minimum Gasteiger partial charge on any atom is -0.497 e. The van der Waals surface area contributed by atoms with Crippen LogP contribution in [0, 0.1) is 6.92 Å². The van der Waals surface area contributed by atoms with Gasteiger partial charge in [-0.2, -0.15) is 0 Å². The molecule has 1 atom stereocenters. The minimum atomic E-state index is -0.513. The van der Waals surface area contributed by atoms with Crippen molar-refractivity contribution in [1.82, 2.24) is 14.5 Å². The zero-order valence-electron chi connectivity index (χ0n) is 23.0. The Labute approximate surface area is 246 Å². The van der Waals surface area contributed by atoms with Crippen LogP contribution in [-0.2, 0) is 17.8 Å². The van der Waals surface area contributed by atoms with E-state index in [0.29, 0.717) is 61.7 Å². The van der Waals surface area contributed by atoms with Crippen molar-refractivity contribution < 1.29 is 14.3 Å². The fraction of sp³-hybridized carbons (Fsp3) is 0.310. The molecule has 2 amide bonds. The number of aromatic nitrogens is 2. The Hall–Kier alpha value is -3.34. The molecule has 0 bridgehead atoms. The number of methoxy groups -OCH3 is 1. The third-order valence-electron chi connectivity index (χ3n) is 6.40. The van der Waals surface area contributed by atoms with E-state index in [0.717, 1.165) is 5.56 Å². The molecule has 0 spiro atoms. The summed E-state index contributed by atoms with van der Waals surface area (Å²) in [5.74, 6) is 0.258. The summed E-state index contributed by atoms with van der Waals surface area (Å²) >= 11 is 8.50. The predicted molar refractivity (Wildman–Crippen MR) is 163 cm³/mol. The lowest BCUT2D eigenvalue weighted by Crippen LogP contribution is -2.28. The highest BCUT2D eigenvalue weighted by molar-refractivity contribution is 8.00. The number of amides is 2. The molecule has 2 aromatic heterocycles. The van der Waals surface area contributed by atoms with E-state index in [9.17, 15) is 14.4 Å². The average molecular weight is 599 g/mol. The van der Waals surface area contributed by atoms with Crippen molar-refractivity contribution in [3.05, 3.63) is 79.9 Å². The number of halogens is 1. The lowest BCUT2D eigenvalue weighted by atomic mass is 10.1. The number of hydrogen-bond donors (Lipinski definition) is 1. The zero-order chi connectivity index (χ0) is 29.0. The number of carbonyl (C=O) groups excluding carboxylic acids is 2. The van der Waals surface area contributed by atoms with E-state index in [2.05, 4.69) is 5.32 Å². The van der Waals surface area contributed by atoms with Crippen LogP contribution in [0.2, 0.25) is 5.02 Å². The first kappa shape index (κ1) is 29.6. The SMILES string of the molecule is CC[C@H](Sc1nc2sc(C(=O)N(C)C)c(C)c2c(=O)n1CCc1ccc(Cl)cc1)C(=O)Nc1cccc(OC)c1. The second kappa shape index (κ2) is 12.9. The van der Waals surface area contributed by atoms with Crippen LogP contribution >= 0.6 is 34.7 Å². The van der Waals surface area contributed by atoms with E-state index < -0.39 is 5.25 Å². The molecule has 0 saturated carbocycles. The van der Waals surface area contributed by atoms with Crippen LogP contribution in [0.25, 0.3) is 10.2 Å². The fourth-order valence-corrected chi connectivity index (χ4v) is 6.57. The molecule has 40 heavy (non-hydrogen) atoms. The first-order valence-electron chi connectivity index (χ1n) is 12.7. The highest BCUT2D eigenvalue weighted by Gasteiger charge is 2.26. The van der Waals surface area contributed by atoms with Gasteiger partial charge in [0.2, 0.25) is 5.91 Å². The Balaban J connectivity index is 1.72. The third kappa shape index (κ3) is 6.51. The molecule has 0 unspecified atom stereocenters. The topological polar surface area (TPSA) is 93.5 Å². The lowest BCUT2D eigenvalue weighted by Gasteiger charge is -2.18. The number of benzene rings is 2. The van der Waals surface area contributed by atoms with Crippen LogP contribution in [0.5, 0.6) is 5.75 Å². The Bertz CT molecular complexity index is 1600. The molecule has 0 fully saturated rings.